The molecule has 0 aliphatic heterocycles. The van der Waals surface area contributed by atoms with Gasteiger partial charge in [0, 0.05) is 18.9 Å². The Bertz CT molecular complexity index is 749. The third-order valence-electron chi connectivity index (χ3n) is 2.84. The number of aromatic nitrogens is 6. The molecule has 21 heavy (non-hydrogen) atoms. The Morgan fingerprint density at radius 1 is 1.14 bits per heavy atom. The van der Waals surface area contributed by atoms with Gasteiger partial charge in [-0.05, 0) is 12.0 Å². The maximum Gasteiger partial charge on any atom is 0.233 e. The molecule has 8 heteroatoms. The normalized spacial score (nSPS) is 11.2. The summed E-state index contributed by atoms with van der Waals surface area (Å²) in [6, 6.07) is 1.74. The fourth-order valence-corrected chi connectivity index (χ4v) is 2.01. The summed E-state index contributed by atoms with van der Waals surface area (Å²) in [5.41, 5.74) is 7.26. The summed E-state index contributed by atoms with van der Waals surface area (Å²) in [5, 5.41) is 2.94. The zero-order valence-electron chi connectivity index (χ0n) is 11.9. The van der Waals surface area contributed by atoms with Crippen molar-refractivity contribution in [1.29, 1.82) is 0 Å². The van der Waals surface area contributed by atoms with Crippen LogP contribution in [0.1, 0.15) is 13.8 Å². The van der Waals surface area contributed by atoms with E-state index in [0.717, 1.165) is 6.54 Å². The third-order valence-corrected chi connectivity index (χ3v) is 2.84. The SMILES string of the molecule is CC(C)Cn1cnc2c(N)nc(Nc3ncccn3)nc21. The van der Waals surface area contributed by atoms with E-state index in [4.69, 9.17) is 5.73 Å². The van der Waals surface area contributed by atoms with Crippen LogP contribution >= 0.6 is 0 Å². The van der Waals surface area contributed by atoms with Crippen molar-refractivity contribution in [3.8, 4) is 0 Å². The lowest BCUT2D eigenvalue weighted by molar-refractivity contribution is 0.530. The highest BCUT2D eigenvalue weighted by molar-refractivity contribution is 5.83. The minimum atomic E-state index is 0.334. The molecule has 3 aromatic heterocycles. The van der Waals surface area contributed by atoms with Crippen molar-refractivity contribution in [2.45, 2.75) is 20.4 Å². The van der Waals surface area contributed by atoms with E-state index in [1.165, 1.54) is 0 Å². The number of imidazole rings is 1. The van der Waals surface area contributed by atoms with E-state index in [0.29, 0.717) is 34.8 Å². The highest BCUT2D eigenvalue weighted by Gasteiger charge is 2.12. The molecule has 3 heterocycles. The molecule has 0 bridgehead atoms. The molecular weight excluding hydrogens is 268 g/mol. The molecule has 3 aromatic rings. The monoisotopic (exact) mass is 284 g/mol. The average Bonchev–Trinajstić information content (AvgIpc) is 2.83. The zero-order valence-corrected chi connectivity index (χ0v) is 11.9. The van der Waals surface area contributed by atoms with Gasteiger partial charge < -0.3 is 10.3 Å². The fourth-order valence-electron chi connectivity index (χ4n) is 2.01. The molecule has 0 amide bonds. The summed E-state index contributed by atoms with van der Waals surface area (Å²) in [5.74, 6) is 1.59. The first kappa shape index (κ1) is 13.2. The maximum absolute atomic E-state index is 5.95. The van der Waals surface area contributed by atoms with E-state index in [-0.39, 0.29) is 0 Å². The summed E-state index contributed by atoms with van der Waals surface area (Å²) in [4.78, 5) is 21.1. The van der Waals surface area contributed by atoms with E-state index in [9.17, 15) is 0 Å². The molecule has 8 nitrogen and oxygen atoms in total. The van der Waals surface area contributed by atoms with Gasteiger partial charge in [0.25, 0.3) is 0 Å². The van der Waals surface area contributed by atoms with Crippen LogP contribution in [0.25, 0.3) is 11.2 Å². The standard InChI is InChI=1S/C13H16N8/c1-8(2)6-21-7-17-9-10(14)18-13(19-11(9)21)20-12-15-4-3-5-16-12/h3-5,7-8H,6H2,1-2H3,(H3,14,15,16,18,19,20). The lowest BCUT2D eigenvalue weighted by Gasteiger charge is -2.08. The van der Waals surface area contributed by atoms with Crippen molar-refractivity contribution in [2.75, 3.05) is 11.1 Å². The van der Waals surface area contributed by atoms with Gasteiger partial charge in [-0.15, -0.1) is 0 Å². The summed E-state index contributed by atoms with van der Waals surface area (Å²) in [7, 11) is 0. The Morgan fingerprint density at radius 3 is 2.62 bits per heavy atom. The number of nitrogens with two attached hydrogens (primary N) is 1. The second-order valence-corrected chi connectivity index (χ2v) is 5.09. The quantitative estimate of drug-likeness (QED) is 0.749. The van der Waals surface area contributed by atoms with Gasteiger partial charge in [-0.3, -0.25) is 5.32 Å². The first-order chi connectivity index (χ1) is 10.1. The van der Waals surface area contributed by atoms with Crippen LogP contribution in [0.15, 0.2) is 24.8 Å². The van der Waals surface area contributed by atoms with Gasteiger partial charge in [-0.2, -0.15) is 9.97 Å². The van der Waals surface area contributed by atoms with Crippen LogP contribution in [-0.4, -0.2) is 29.5 Å². The molecule has 0 aliphatic carbocycles. The Labute approximate surface area is 121 Å². The van der Waals surface area contributed by atoms with E-state index in [1.807, 2.05) is 4.57 Å². The van der Waals surface area contributed by atoms with Crippen LogP contribution in [0, 0.1) is 5.92 Å². The Balaban J connectivity index is 2.00. The van der Waals surface area contributed by atoms with Crippen molar-refractivity contribution < 1.29 is 0 Å². The predicted molar refractivity (Wildman–Crippen MR) is 79.9 cm³/mol. The van der Waals surface area contributed by atoms with Gasteiger partial charge in [0.2, 0.25) is 11.9 Å². The lowest BCUT2D eigenvalue weighted by atomic mass is 10.2. The first-order valence-electron chi connectivity index (χ1n) is 6.66. The highest BCUT2D eigenvalue weighted by atomic mass is 15.2. The summed E-state index contributed by atoms with van der Waals surface area (Å²) in [6.07, 6.45) is 5.01. The number of rotatable bonds is 4. The fraction of sp³-hybridized carbons (Fsp3) is 0.308. The van der Waals surface area contributed by atoms with Crippen molar-refractivity contribution >= 4 is 28.9 Å². The Kier molecular flexibility index (Phi) is 3.35. The van der Waals surface area contributed by atoms with Crippen molar-refractivity contribution in [3.05, 3.63) is 24.8 Å². The van der Waals surface area contributed by atoms with Crippen LogP contribution in [-0.2, 0) is 6.54 Å². The number of nitrogens with zero attached hydrogens (tertiary/aromatic N) is 6. The summed E-state index contributed by atoms with van der Waals surface area (Å²) < 4.78 is 1.97. The highest BCUT2D eigenvalue weighted by Crippen LogP contribution is 2.20. The summed E-state index contributed by atoms with van der Waals surface area (Å²) >= 11 is 0. The predicted octanol–water partition coefficient (Wildman–Crippen LogP) is 1.60. The van der Waals surface area contributed by atoms with Gasteiger partial charge in [0.1, 0.15) is 5.52 Å². The second-order valence-electron chi connectivity index (χ2n) is 5.09. The maximum atomic E-state index is 5.95. The van der Waals surface area contributed by atoms with Crippen molar-refractivity contribution in [1.82, 2.24) is 29.5 Å². The van der Waals surface area contributed by atoms with Gasteiger partial charge in [0.15, 0.2) is 11.5 Å². The van der Waals surface area contributed by atoms with E-state index in [2.05, 4.69) is 44.1 Å². The molecule has 0 spiro atoms. The van der Waals surface area contributed by atoms with Gasteiger partial charge in [-0.1, -0.05) is 13.8 Å². The largest absolute Gasteiger partial charge is 0.382 e. The Morgan fingerprint density at radius 2 is 1.90 bits per heavy atom. The van der Waals surface area contributed by atoms with Crippen molar-refractivity contribution in [2.24, 2.45) is 5.92 Å². The van der Waals surface area contributed by atoms with Crippen LogP contribution in [0.3, 0.4) is 0 Å². The van der Waals surface area contributed by atoms with Crippen LogP contribution < -0.4 is 11.1 Å². The molecule has 3 N–H and O–H groups in total. The first-order valence-corrected chi connectivity index (χ1v) is 6.66. The molecular formula is C13H16N8. The summed E-state index contributed by atoms with van der Waals surface area (Å²) in [6.45, 7) is 5.08. The van der Waals surface area contributed by atoms with E-state index >= 15 is 0 Å². The molecule has 0 saturated heterocycles. The number of hydrogen-bond acceptors (Lipinski definition) is 7. The van der Waals surface area contributed by atoms with Crippen LogP contribution in [0.5, 0.6) is 0 Å². The number of nitrogens with one attached hydrogen (secondary N) is 1. The minimum absolute atomic E-state index is 0.334. The number of nitrogen functional groups attached to an aromatic ring is 1. The topological polar surface area (TPSA) is 107 Å². The molecule has 108 valence electrons. The van der Waals surface area contributed by atoms with E-state index in [1.54, 1.807) is 24.8 Å². The number of fused-ring (bicyclic) bond motifs is 1. The van der Waals surface area contributed by atoms with E-state index < -0.39 is 0 Å². The second kappa shape index (κ2) is 5.31. The molecule has 0 aliphatic rings. The smallest absolute Gasteiger partial charge is 0.233 e. The average molecular weight is 284 g/mol. The molecule has 0 saturated carbocycles. The van der Waals surface area contributed by atoms with Gasteiger partial charge >= 0.3 is 0 Å². The molecule has 0 fully saturated rings. The Hall–Kier alpha value is -2.77. The number of hydrogen-bond donors (Lipinski definition) is 2. The molecule has 0 radical (unpaired) electrons. The third kappa shape index (κ3) is 2.73. The van der Waals surface area contributed by atoms with Crippen molar-refractivity contribution in [3.63, 3.8) is 0 Å². The zero-order chi connectivity index (χ0) is 14.8. The molecule has 3 rings (SSSR count). The molecule has 0 atom stereocenters. The van der Waals surface area contributed by atoms with Crippen LogP contribution in [0.2, 0.25) is 0 Å². The lowest BCUT2D eigenvalue weighted by Crippen LogP contribution is -2.07. The minimum Gasteiger partial charge on any atom is -0.382 e. The number of anilines is 3. The molecule has 0 aromatic carbocycles. The van der Waals surface area contributed by atoms with Gasteiger partial charge in [0.05, 0.1) is 6.33 Å². The van der Waals surface area contributed by atoms with Gasteiger partial charge in [-0.25, -0.2) is 15.0 Å². The molecule has 0 unspecified atom stereocenters. The van der Waals surface area contributed by atoms with Crippen LogP contribution in [0.4, 0.5) is 17.7 Å².